The van der Waals surface area contributed by atoms with E-state index in [2.05, 4.69) is 21.4 Å². The second kappa shape index (κ2) is 5.15. The molecule has 2 rings (SSSR count). The van der Waals surface area contributed by atoms with Crippen LogP contribution >= 0.6 is 0 Å². The van der Waals surface area contributed by atoms with E-state index in [0.29, 0.717) is 12.2 Å². The normalized spacial score (nSPS) is 9.78. The highest BCUT2D eigenvalue weighted by Crippen LogP contribution is 2.18. The van der Waals surface area contributed by atoms with Crippen LogP contribution in [0.5, 0.6) is 0 Å². The van der Waals surface area contributed by atoms with Crippen LogP contribution in [0.2, 0.25) is 0 Å². The van der Waals surface area contributed by atoms with Crippen molar-refractivity contribution in [3.8, 4) is 6.07 Å². The summed E-state index contributed by atoms with van der Waals surface area (Å²) in [7, 11) is 0. The Kier molecular flexibility index (Phi) is 3.39. The van der Waals surface area contributed by atoms with Gasteiger partial charge in [-0.2, -0.15) is 10.2 Å². The fourth-order valence-corrected chi connectivity index (χ4v) is 1.52. The molecule has 5 heteroatoms. The number of nitrogens with zero attached hydrogens (tertiary/aromatic N) is 3. The number of nitriles is 1. The third-order valence-corrected chi connectivity index (χ3v) is 2.49. The summed E-state index contributed by atoms with van der Waals surface area (Å²) in [5.74, 6) is 0.930. The van der Waals surface area contributed by atoms with Crippen LogP contribution in [0.1, 0.15) is 11.1 Å². The van der Waals surface area contributed by atoms with Gasteiger partial charge >= 0.3 is 0 Å². The molecule has 2 aromatic rings. The van der Waals surface area contributed by atoms with Gasteiger partial charge in [-0.25, -0.2) is 4.98 Å². The van der Waals surface area contributed by atoms with Crippen molar-refractivity contribution in [3.63, 3.8) is 0 Å². The number of aromatic nitrogens is 2. The number of nitrogens with one attached hydrogen (secondary N) is 1. The highest BCUT2D eigenvalue weighted by Gasteiger charge is 2.02. The van der Waals surface area contributed by atoms with Gasteiger partial charge in [0.25, 0.3) is 0 Å². The SMILES string of the molecule is Cc1cnc(N)nc1Nc1ccc(CC#N)cc1. The number of aryl methyl sites for hydroxylation is 1. The van der Waals surface area contributed by atoms with Crippen LogP contribution in [0.3, 0.4) is 0 Å². The molecular weight excluding hydrogens is 226 g/mol. The lowest BCUT2D eigenvalue weighted by atomic mass is 10.1. The topological polar surface area (TPSA) is 87.6 Å². The predicted molar refractivity (Wildman–Crippen MR) is 70.2 cm³/mol. The maximum Gasteiger partial charge on any atom is 0.221 e. The summed E-state index contributed by atoms with van der Waals surface area (Å²) in [6.45, 7) is 1.91. The monoisotopic (exact) mass is 239 g/mol. The van der Waals surface area contributed by atoms with Gasteiger partial charge in [-0.05, 0) is 24.6 Å². The van der Waals surface area contributed by atoms with Gasteiger partial charge in [-0.3, -0.25) is 0 Å². The molecule has 18 heavy (non-hydrogen) atoms. The smallest absolute Gasteiger partial charge is 0.221 e. The number of anilines is 3. The summed E-state index contributed by atoms with van der Waals surface area (Å²) in [5.41, 5.74) is 8.36. The average molecular weight is 239 g/mol. The molecule has 1 aromatic heterocycles. The van der Waals surface area contributed by atoms with E-state index < -0.39 is 0 Å². The molecule has 0 spiro atoms. The largest absolute Gasteiger partial charge is 0.368 e. The van der Waals surface area contributed by atoms with E-state index in [9.17, 15) is 0 Å². The molecule has 3 N–H and O–H groups in total. The minimum atomic E-state index is 0.240. The zero-order chi connectivity index (χ0) is 13.0. The average Bonchev–Trinajstić information content (AvgIpc) is 2.37. The molecule has 0 aliphatic carbocycles. The van der Waals surface area contributed by atoms with Gasteiger partial charge in [0.05, 0.1) is 12.5 Å². The van der Waals surface area contributed by atoms with Crippen molar-refractivity contribution in [3.05, 3.63) is 41.6 Å². The molecule has 0 saturated heterocycles. The van der Waals surface area contributed by atoms with E-state index in [-0.39, 0.29) is 5.95 Å². The first-order valence-corrected chi connectivity index (χ1v) is 5.51. The Morgan fingerprint density at radius 3 is 2.72 bits per heavy atom. The van der Waals surface area contributed by atoms with Crippen LogP contribution < -0.4 is 11.1 Å². The van der Waals surface area contributed by atoms with Crippen molar-refractivity contribution in [2.75, 3.05) is 11.1 Å². The highest BCUT2D eigenvalue weighted by molar-refractivity contribution is 5.59. The minimum Gasteiger partial charge on any atom is -0.368 e. The predicted octanol–water partition coefficient (Wildman–Crippen LogP) is 2.18. The summed E-state index contributed by atoms with van der Waals surface area (Å²) < 4.78 is 0. The summed E-state index contributed by atoms with van der Waals surface area (Å²) in [5, 5.41) is 11.8. The Balaban J connectivity index is 2.18. The number of nitrogen functional groups attached to an aromatic ring is 1. The Bertz CT molecular complexity index is 583. The first kappa shape index (κ1) is 11.9. The number of hydrogen-bond acceptors (Lipinski definition) is 5. The molecular formula is C13H13N5. The third kappa shape index (κ3) is 2.74. The standard InChI is InChI=1S/C13H13N5/c1-9-8-16-13(15)18-12(9)17-11-4-2-10(3-5-11)6-7-14/h2-5,8H,6H2,1H3,(H3,15,16,17,18). The van der Waals surface area contributed by atoms with Gasteiger partial charge in [0.2, 0.25) is 5.95 Å². The number of rotatable bonds is 3. The summed E-state index contributed by atoms with van der Waals surface area (Å²) in [6, 6.07) is 9.74. The Morgan fingerprint density at radius 2 is 2.06 bits per heavy atom. The third-order valence-electron chi connectivity index (χ3n) is 2.49. The van der Waals surface area contributed by atoms with Crippen LogP contribution in [0.4, 0.5) is 17.5 Å². The number of nitrogens with two attached hydrogens (primary N) is 1. The maximum absolute atomic E-state index is 8.59. The zero-order valence-corrected chi connectivity index (χ0v) is 10.0. The number of benzene rings is 1. The first-order valence-electron chi connectivity index (χ1n) is 5.51. The van der Waals surface area contributed by atoms with E-state index >= 15 is 0 Å². The quantitative estimate of drug-likeness (QED) is 0.857. The molecule has 0 fully saturated rings. The highest BCUT2D eigenvalue weighted by atomic mass is 15.1. The second-order valence-corrected chi connectivity index (χ2v) is 3.92. The minimum absolute atomic E-state index is 0.240. The van der Waals surface area contributed by atoms with Crippen molar-refractivity contribution in [1.29, 1.82) is 5.26 Å². The fourth-order valence-electron chi connectivity index (χ4n) is 1.52. The van der Waals surface area contributed by atoms with Crippen LogP contribution in [0, 0.1) is 18.3 Å². The first-order chi connectivity index (χ1) is 8.69. The van der Waals surface area contributed by atoms with E-state index in [1.165, 1.54) is 0 Å². The molecule has 0 radical (unpaired) electrons. The van der Waals surface area contributed by atoms with Gasteiger partial charge in [0.15, 0.2) is 0 Å². The molecule has 0 bridgehead atoms. The fraction of sp³-hybridized carbons (Fsp3) is 0.154. The summed E-state index contributed by atoms with van der Waals surface area (Å²) in [4.78, 5) is 8.04. The van der Waals surface area contributed by atoms with Gasteiger partial charge in [0.1, 0.15) is 5.82 Å². The molecule has 0 aliphatic rings. The molecule has 0 saturated carbocycles. The molecule has 90 valence electrons. The van der Waals surface area contributed by atoms with Crippen LogP contribution in [-0.2, 0) is 6.42 Å². The number of hydrogen-bond donors (Lipinski definition) is 2. The Morgan fingerprint density at radius 1 is 1.33 bits per heavy atom. The van der Waals surface area contributed by atoms with Crippen molar-refractivity contribution >= 4 is 17.5 Å². The van der Waals surface area contributed by atoms with Gasteiger partial charge in [-0.1, -0.05) is 12.1 Å². The van der Waals surface area contributed by atoms with E-state index in [0.717, 1.165) is 16.8 Å². The van der Waals surface area contributed by atoms with Crippen molar-refractivity contribution < 1.29 is 0 Å². The van der Waals surface area contributed by atoms with E-state index in [1.807, 2.05) is 31.2 Å². The molecule has 5 nitrogen and oxygen atoms in total. The molecule has 0 atom stereocenters. The lowest BCUT2D eigenvalue weighted by molar-refractivity contribution is 1.15. The van der Waals surface area contributed by atoms with Gasteiger partial charge < -0.3 is 11.1 Å². The summed E-state index contributed by atoms with van der Waals surface area (Å²) >= 11 is 0. The lowest BCUT2D eigenvalue weighted by Gasteiger charge is -2.08. The lowest BCUT2D eigenvalue weighted by Crippen LogP contribution is -2.01. The Hall–Kier alpha value is -2.61. The maximum atomic E-state index is 8.59. The van der Waals surface area contributed by atoms with Crippen molar-refractivity contribution in [2.45, 2.75) is 13.3 Å². The van der Waals surface area contributed by atoms with E-state index in [4.69, 9.17) is 11.0 Å². The molecule has 0 unspecified atom stereocenters. The van der Waals surface area contributed by atoms with Gasteiger partial charge in [0, 0.05) is 17.4 Å². The van der Waals surface area contributed by atoms with Crippen LogP contribution in [0.15, 0.2) is 30.5 Å². The van der Waals surface area contributed by atoms with Crippen LogP contribution in [-0.4, -0.2) is 9.97 Å². The molecule has 0 aliphatic heterocycles. The molecule has 1 aromatic carbocycles. The second-order valence-electron chi connectivity index (χ2n) is 3.92. The summed E-state index contributed by atoms with van der Waals surface area (Å²) in [6.07, 6.45) is 2.09. The zero-order valence-electron chi connectivity index (χ0n) is 10.0. The van der Waals surface area contributed by atoms with Gasteiger partial charge in [-0.15, -0.1) is 0 Å². The molecule has 1 heterocycles. The Labute approximate surface area is 105 Å². The van der Waals surface area contributed by atoms with Crippen LogP contribution in [0.25, 0.3) is 0 Å². The van der Waals surface area contributed by atoms with Crippen molar-refractivity contribution in [1.82, 2.24) is 9.97 Å². The van der Waals surface area contributed by atoms with E-state index in [1.54, 1.807) is 6.20 Å². The van der Waals surface area contributed by atoms with Crippen molar-refractivity contribution in [2.24, 2.45) is 0 Å². The molecule has 0 amide bonds.